The summed E-state index contributed by atoms with van der Waals surface area (Å²) in [7, 11) is 0. The largest absolute Gasteiger partial charge is 0.329 e. The van der Waals surface area contributed by atoms with Crippen molar-refractivity contribution in [2.75, 3.05) is 32.7 Å². The van der Waals surface area contributed by atoms with E-state index in [4.69, 9.17) is 17.3 Å². The van der Waals surface area contributed by atoms with Gasteiger partial charge in [-0.3, -0.25) is 9.80 Å². The number of hydrogen-bond donors (Lipinski definition) is 1. The Hall–Kier alpha value is -0.680. The molecule has 0 radical (unpaired) electrons. The highest BCUT2D eigenvalue weighted by Crippen LogP contribution is 2.30. The first-order valence-electron chi connectivity index (χ1n) is 7.47. The first-order valence-corrected chi connectivity index (χ1v) is 7.85. The molecular formula is C16H25ClFN3. The van der Waals surface area contributed by atoms with Crippen LogP contribution in [0.25, 0.3) is 0 Å². The van der Waals surface area contributed by atoms with Gasteiger partial charge in [-0.1, -0.05) is 17.7 Å². The second kappa shape index (κ2) is 6.61. The van der Waals surface area contributed by atoms with Crippen molar-refractivity contribution in [3.8, 4) is 0 Å². The molecule has 0 spiro atoms. The fraction of sp³-hybridized carbons (Fsp3) is 0.625. The molecule has 3 nitrogen and oxygen atoms in total. The summed E-state index contributed by atoms with van der Waals surface area (Å²) in [5, 5.41) is 0.462. The number of nitrogens with two attached hydrogens (primary N) is 1. The molecule has 1 atom stereocenters. The van der Waals surface area contributed by atoms with E-state index in [1.165, 1.54) is 6.07 Å². The first-order chi connectivity index (χ1) is 9.84. The molecule has 1 aliphatic rings. The molecule has 0 amide bonds. The van der Waals surface area contributed by atoms with Crippen molar-refractivity contribution in [3.63, 3.8) is 0 Å². The molecule has 0 saturated carbocycles. The van der Waals surface area contributed by atoms with Crippen LogP contribution in [0.3, 0.4) is 0 Å². The highest BCUT2D eigenvalue weighted by atomic mass is 35.5. The van der Waals surface area contributed by atoms with Gasteiger partial charge in [0.2, 0.25) is 0 Å². The highest BCUT2D eigenvalue weighted by Gasteiger charge is 2.30. The summed E-state index contributed by atoms with van der Waals surface area (Å²) in [5.74, 6) is -0.267. The van der Waals surface area contributed by atoms with Gasteiger partial charge in [-0.05, 0) is 32.9 Å². The van der Waals surface area contributed by atoms with Gasteiger partial charge in [-0.15, -0.1) is 0 Å². The number of nitrogens with zero attached hydrogens (tertiary/aromatic N) is 2. The molecule has 0 bridgehead atoms. The Labute approximate surface area is 131 Å². The van der Waals surface area contributed by atoms with Gasteiger partial charge >= 0.3 is 0 Å². The lowest BCUT2D eigenvalue weighted by molar-refractivity contribution is 0.0426. The van der Waals surface area contributed by atoms with E-state index in [9.17, 15) is 4.39 Å². The van der Waals surface area contributed by atoms with Crippen molar-refractivity contribution in [1.82, 2.24) is 9.80 Å². The fourth-order valence-corrected chi connectivity index (χ4v) is 3.27. The Bertz CT molecular complexity index is 459. The Morgan fingerprint density at radius 1 is 1.24 bits per heavy atom. The molecule has 2 rings (SSSR count). The van der Waals surface area contributed by atoms with Gasteiger partial charge in [0.1, 0.15) is 5.82 Å². The van der Waals surface area contributed by atoms with Gasteiger partial charge in [-0.25, -0.2) is 4.39 Å². The zero-order chi connectivity index (χ0) is 15.6. The maximum absolute atomic E-state index is 14.1. The molecule has 1 aromatic rings. The van der Waals surface area contributed by atoms with Gasteiger partial charge in [0.15, 0.2) is 0 Å². The zero-order valence-electron chi connectivity index (χ0n) is 13.1. The summed E-state index contributed by atoms with van der Waals surface area (Å²) < 4.78 is 14.1. The molecule has 1 saturated heterocycles. The smallest absolute Gasteiger partial charge is 0.129 e. The van der Waals surface area contributed by atoms with Gasteiger partial charge in [0.25, 0.3) is 0 Å². The van der Waals surface area contributed by atoms with Gasteiger partial charge < -0.3 is 5.73 Å². The van der Waals surface area contributed by atoms with Gasteiger partial charge in [-0.2, -0.15) is 0 Å². The van der Waals surface area contributed by atoms with Crippen LogP contribution < -0.4 is 5.73 Å². The van der Waals surface area contributed by atoms with Crippen LogP contribution in [0.1, 0.15) is 32.4 Å². The number of rotatable bonds is 3. The maximum Gasteiger partial charge on any atom is 0.129 e. The fourth-order valence-electron chi connectivity index (χ4n) is 2.98. The summed E-state index contributed by atoms with van der Waals surface area (Å²) in [4.78, 5) is 4.69. The monoisotopic (exact) mass is 313 g/mol. The molecule has 5 heteroatoms. The SMILES string of the molecule is CC(C)(C)N1CCN(C(CN)c2c(F)cccc2Cl)CC1. The number of hydrogen-bond acceptors (Lipinski definition) is 3. The molecule has 0 aromatic heterocycles. The lowest BCUT2D eigenvalue weighted by Gasteiger charge is -2.44. The normalized spacial score (nSPS) is 19.7. The van der Waals surface area contributed by atoms with Crippen LogP contribution in [0.4, 0.5) is 4.39 Å². The van der Waals surface area contributed by atoms with E-state index in [-0.39, 0.29) is 17.4 Å². The minimum Gasteiger partial charge on any atom is -0.329 e. The van der Waals surface area contributed by atoms with Gasteiger partial charge in [0, 0.05) is 48.8 Å². The van der Waals surface area contributed by atoms with Crippen LogP contribution in [-0.2, 0) is 0 Å². The lowest BCUT2D eigenvalue weighted by atomic mass is 10.0. The second-order valence-corrected chi connectivity index (χ2v) is 6.99. The minimum absolute atomic E-state index is 0.152. The van der Waals surface area contributed by atoms with E-state index >= 15 is 0 Å². The van der Waals surface area contributed by atoms with Crippen LogP contribution in [0.5, 0.6) is 0 Å². The third kappa shape index (κ3) is 3.75. The molecule has 1 heterocycles. The predicted molar refractivity (Wildman–Crippen MR) is 86.1 cm³/mol. The Balaban J connectivity index is 2.14. The van der Waals surface area contributed by atoms with Crippen molar-refractivity contribution >= 4 is 11.6 Å². The van der Waals surface area contributed by atoms with E-state index in [1.54, 1.807) is 12.1 Å². The van der Waals surface area contributed by atoms with Crippen LogP contribution in [-0.4, -0.2) is 48.1 Å². The summed E-state index contributed by atoms with van der Waals surface area (Å²) in [6.45, 7) is 10.7. The molecule has 1 aromatic carbocycles. The van der Waals surface area contributed by atoms with E-state index in [0.717, 1.165) is 26.2 Å². The molecular weight excluding hydrogens is 289 g/mol. The number of halogens is 2. The van der Waals surface area contributed by atoms with Crippen LogP contribution in [0.2, 0.25) is 5.02 Å². The standard InChI is InChI=1S/C16H25ClFN3/c1-16(2,3)21-9-7-20(8-10-21)14(11-19)15-12(17)5-4-6-13(15)18/h4-6,14H,7-11,19H2,1-3H3. The molecule has 2 N–H and O–H groups in total. The quantitative estimate of drug-likeness (QED) is 0.931. The summed E-state index contributed by atoms with van der Waals surface area (Å²) in [5.41, 5.74) is 6.61. The van der Waals surface area contributed by atoms with E-state index in [1.807, 2.05) is 0 Å². The highest BCUT2D eigenvalue weighted by molar-refractivity contribution is 6.31. The first kappa shape index (κ1) is 16.7. The predicted octanol–water partition coefficient (Wildman–Crippen LogP) is 2.90. The summed E-state index contributed by atoms with van der Waals surface area (Å²) in [6.07, 6.45) is 0. The average molecular weight is 314 g/mol. The Morgan fingerprint density at radius 3 is 2.33 bits per heavy atom. The minimum atomic E-state index is -0.267. The zero-order valence-corrected chi connectivity index (χ0v) is 13.8. The third-order valence-corrected chi connectivity index (χ3v) is 4.59. The lowest BCUT2D eigenvalue weighted by Crippen LogP contribution is -2.54. The van der Waals surface area contributed by atoms with Crippen LogP contribution in [0, 0.1) is 5.82 Å². The van der Waals surface area contributed by atoms with Crippen LogP contribution in [0.15, 0.2) is 18.2 Å². The van der Waals surface area contributed by atoms with E-state index < -0.39 is 0 Å². The topological polar surface area (TPSA) is 32.5 Å². The van der Waals surface area contributed by atoms with E-state index in [2.05, 4.69) is 30.6 Å². The van der Waals surface area contributed by atoms with Crippen molar-refractivity contribution in [1.29, 1.82) is 0 Å². The summed E-state index contributed by atoms with van der Waals surface area (Å²) in [6, 6.07) is 4.66. The molecule has 1 aliphatic heterocycles. The molecule has 0 aliphatic carbocycles. The molecule has 1 fully saturated rings. The van der Waals surface area contributed by atoms with Crippen molar-refractivity contribution in [2.24, 2.45) is 5.73 Å². The van der Waals surface area contributed by atoms with E-state index in [0.29, 0.717) is 17.1 Å². The molecule has 118 valence electrons. The van der Waals surface area contributed by atoms with Crippen molar-refractivity contribution in [2.45, 2.75) is 32.4 Å². The molecule has 21 heavy (non-hydrogen) atoms. The second-order valence-electron chi connectivity index (χ2n) is 6.58. The summed E-state index contributed by atoms with van der Waals surface area (Å²) >= 11 is 6.19. The Morgan fingerprint density at radius 2 is 1.86 bits per heavy atom. The van der Waals surface area contributed by atoms with Gasteiger partial charge in [0.05, 0.1) is 6.04 Å². The Kier molecular flexibility index (Phi) is 5.25. The van der Waals surface area contributed by atoms with Crippen LogP contribution >= 0.6 is 11.6 Å². The number of piperazine rings is 1. The van der Waals surface area contributed by atoms with Crippen molar-refractivity contribution < 1.29 is 4.39 Å². The van der Waals surface area contributed by atoms with Crippen molar-refractivity contribution in [3.05, 3.63) is 34.6 Å². The number of benzene rings is 1. The third-order valence-electron chi connectivity index (χ3n) is 4.26. The molecule has 1 unspecified atom stereocenters. The maximum atomic E-state index is 14.1. The average Bonchev–Trinajstić information content (AvgIpc) is 2.42.